The number of aryl methyl sites for hydroxylation is 1. The van der Waals surface area contributed by atoms with Gasteiger partial charge in [-0.25, -0.2) is 4.98 Å². The van der Waals surface area contributed by atoms with E-state index in [2.05, 4.69) is 11.9 Å². The summed E-state index contributed by atoms with van der Waals surface area (Å²) in [4.78, 5) is 18.4. The molecule has 7 heteroatoms. The summed E-state index contributed by atoms with van der Waals surface area (Å²) in [5.41, 5.74) is 0.257. The van der Waals surface area contributed by atoms with Gasteiger partial charge < -0.3 is 9.47 Å². The molecule has 1 aromatic heterocycles. The molecule has 4 nitrogen and oxygen atoms in total. The number of likely N-dealkylation sites (tertiary alicyclic amines) is 1. The molecule has 0 saturated carbocycles. The third kappa shape index (κ3) is 3.50. The van der Waals surface area contributed by atoms with Crippen LogP contribution in [0.5, 0.6) is 0 Å². The maximum atomic E-state index is 12.9. The van der Waals surface area contributed by atoms with Crippen LogP contribution in [0, 0.1) is 5.92 Å². The number of carbonyl (C=O) groups excluding carboxylic acids is 1. The van der Waals surface area contributed by atoms with E-state index < -0.39 is 11.7 Å². The number of nitrogens with zero attached hydrogens (tertiary/aromatic N) is 3. The van der Waals surface area contributed by atoms with E-state index in [1.807, 2.05) is 11.5 Å². The summed E-state index contributed by atoms with van der Waals surface area (Å²) in [5, 5.41) is 0. The van der Waals surface area contributed by atoms with E-state index in [0.717, 1.165) is 25.0 Å². The summed E-state index contributed by atoms with van der Waals surface area (Å²) in [5.74, 6) is 1.17. The first-order valence-corrected chi connectivity index (χ1v) is 8.67. The second-order valence-electron chi connectivity index (χ2n) is 6.63. The average molecular weight is 353 g/mol. The maximum absolute atomic E-state index is 12.9. The zero-order valence-electron chi connectivity index (χ0n) is 14.4. The minimum Gasteiger partial charge on any atom is -0.324 e. The molecule has 1 aromatic carbocycles. The first-order valence-electron chi connectivity index (χ1n) is 8.67. The number of carbonyl (C=O) groups is 1. The number of alkyl halides is 3. The van der Waals surface area contributed by atoms with E-state index in [1.54, 1.807) is 4.90 Å². The Balaban J connectivity index is 1.92. The summed E-state index contributed by atoms with van der Waals surface area (Å²) >= 11 is 0. The minimum absolute atomic E-state index is 0.106. The number of imidazole rings is 1. The molecular formula is C18H22F3N3O. The summed E-state index contributed by atoms with van der Waals surface area (Å²) in [7, 11) is 0. The van der Waals surface area contributed by atoms with E-state index in [1.165, 1.54) is 6.07 Å². The summed E-state index contributed by atoms with van der Waals surface area (Å²) < 4.78 is 40.6. The standard InChI is InChI=1S/C18H22F3N3O/c1-3-5-12-8-17(25)23(10-12)11-24-15-7-6-13(18(19,20)21)9-14(15)22-16(24)4-2/h6-7,9,12H,3-5,8,10-11H2,1-2H3. The van der Waals surface area contributed by atoms with Gasteiger partial charge in [-0.1, -0.05) is 20.3 Å². The fourth-order valence-electron chi connectivity index (χ4n) is 3.55. The number of benzene rings is 1. The Morgan fingerprint density at radius 2 is 2.04 bits per heavy atom. The molecule has 1 fully saturated rings. The number of fused-ring (bicyclic) bond motifs is 1. The van der Waals surface area contributed by atoms with Gasteiger partial charge in [-0.3, -0.25) is 4.79 Å². The SMILES string of the molecule is CCCC1CC(=O)N(Cn2c(CC)nc3cc(C(F)(F)F)ccc32)C1. The van der Waals surface area contributed by atoms with Gasteiger partial charge in [0.25, 0.3) is 0 Å². The van der Waals surface area contributed by atoms with Crippen LogP contribution in [0.15, 0.2) is 18.2 Å². The number of hydrogen-bond acceptors (Lipinski definition) is 2. The molecule has 0 spiro atoms. The predicted molar refractivity (Wildman–Crippen MR) is 88.8 cm³/mol. The van der Waals surface area contributed by atoms with Crippen molar-refractivity contribution in [1.82, 2.24) is 14.5 Å². The second kappa shape index (κ2) is 6.69. The lowest BCUT2D eigenvalue weighted by atomic mass is 10.0. The van der Waals surface area contributed by atoms with Crippen molar-refractivity contribution in [3.05, 3.63) is 29.6 Å². The van der Waals surface area contributed by atoms with Crippen LogP contribution < -0.4 is 0 Å². The fourth-order valence-corrected chi connectivity index (χ4v) is 3.55. The van der Waals surface area contributed by atoms with Crippen LogP contribution in [0.25, 0.3) is 11.0 Å². The highest BCUT2D eigenvalue weighted by Crippen LogP contribution is 2.32. The van der Waals surface area contributed by atoms with Gasteiger partial charge in [0.05, 0.1) is 23.3 Å². The topological polar surface area (TPSA) is 38.1 Å². The molecule has 1 aliphatic heterocycles. The van der Waals surface area contributed by atoms with E-state index in [0.29, 0.717) is 48.8 Å². The molecule has 1 saturated heterocycles. The van der Waals surface area contributed by atoms with Crippen LogP contribution in [0.3, 0.4) is 0 Å². The number of amides is 1. The molecule has 1 unspecified atom stereocenters. The van der Waals surface area contributed by atoms with Crippen molar-refractivity contribution in [1.29, 1.82) is 0 Å². The van der Waals surface area contributed by atoms with E-state index in [4.69, 9.17) is 0 Å². The lowest BCUT2D eigenvalue weighted by Gasteiger charge is -2.19. The van der Waals surface area contributed by atoms with E-state index >= 15 is 0 Å². The zero-order chi connectivity index (χ0) is 18.2. The monoisotopic (exact) mass is 353 g/mol. The van der Waals surface area contributed by atoms with Crippen LogP contribution in [0.4, 0.5) is 13.2 Å². The molecule has 1 amide bonds. The van der Waals surface area contributed by atoms with Gasteiger partial charge >= 0.3 is 6.18 Å². The Bertz CT molecular complexity index is 782. The molecular weight excluding hydrogens is 331 g/mol. The Kier molecular flexibility index (Phi) is 4.75. The quantitative estimate of drug-likeness (QED) is 0.807. The molecule has 1 aliphatic rings. The molecule has 0 N–H and O–H groups in total. The Hall–Kier alpha value is -2.05. The van der Waals surface area contributed by atoms with Crippen molar-refractivity contribution in [2.75, 3.05) is 6.54 Å². The first kappa shape index (κ1) is 17.8. The summed E-state index contributed by atoms with van der Waals surface area (Å²) in [6.07, 6.45) is -1.18. The third-order valence-corrected chi connectivity index (χ3v) is 4.77. The molecule has 0 bridgehead atoms. The van der Waals surface area contributed by atoms with Gasteiger partial charge in [0.2, 0.25) is 5.91 Å². The molecule has 0 aliphatic carbocycles. The van der Waals surface area contributed by atoms with E-state index in [9.17, 15) is 18.0 Å². The predicted octanol–water partition coefficient (Wildman–Crippen LogP) is 4.22. The van der Waals surface area contributed by atoms with Crippen LogP contribution >= 0.6 is 0 Å². The maximum Gasteiger partial charge on any atom is 0.416 e. The molecule has 3 rings (SSSR count). The molecule has 0 radical (unpaired) electrons. The molecule has 136 valence electrons. The van der Waals surface area contributed by atoms with E-state index in [-0.39, 0.29) is 5.91 Å². The lowest BCUT2D eigenvalue weighted by Crippen LogP contribution is -2.28. The molecule has 25 heavy (non-hydrogen) atoms. The van der Waals surface area contributed by atoms with Gasteiger partial charge in [-0.05, 0) is 30.5 Å². The van der Waals surface area contributed by atoms with Crippen molar-refractivity contribution < 1.29 is 18.0 Å². The van der Waals surface area contributed by atoms with Gasteiger partial charge in [-0.2, -0.15) is 13.2 Å². The average Bonchev–Trinajstić information content (AvgIpc) is 3.07. The van der Waals surface area contributed by atoms with Gasteiger partial charge in [0.1, 0.15) is 5.82 Å². The van der Waals surface area contributed by atoms with Crippen molar-refractivity contribution >= 4 is 16.9 Å². The first-order chi connectivity index (χ1) is 11.8. The number of hydrogen-bond donors (Lipinski definition) is 0. The Labute approximate surface area is 144 Å². The number of halogens is 3. The van der Waals surface area contributed by atoms with Crippen molar-refractivity contribution in [3.63, 3.8) is 0 Å². The summed E-state index contributed by atoms with van der Waals surface area (Å²) in [6, 6.07) is 3.61. The highest BCUT2D eigenvalue weighted by molar-refractivity contribution is 5.79. The molecule has 2 heterocycles. The van der Waals surface area contributed by atoms with Crippen molar-refractivity contribution in [2.45, 2.75) is 52.4 Å². The third-order valence-electron chi connectivity index (χ3n) is 4.77. The summed E-state index contributed by atoms with van der Waals surface area (Å²) in [6.45, 7) is 5.07. The van der Waals surface area contributed by atoms with Gasteiger partial charge in [0, 0.05) is 19.4 Å². The van der Waals surface area contributed by atoms with Crippen LogP contribution in [0.2, 0.25) is 0 Å². The normalized spacial score (nSPS) is 18.5. The van der Waals surface area contributed by atoms with Gasteiger partial charge in [0.15, 0.2) is 0 Å². The van der Waals surface area contributed by atoms with Crippen molar-refractivity contribution in [2.24, 2.45) is 5.92 Å². The number of aromatic nitrogens is 2. The van der Waals surface area contributed by atoms with Crippen LogP contribution in [0.1, 0.15) is 44.5 Å². The lowest BCUT2D eigenvalue weighted by molar-refractivity contribution is -0.137. The van der Waals surface area contributed by atoms with Crippen LogP contribution in [-0.2, 0) is 24.1 Å². The van der Waals surface area contributed by atoms with Gasteiger partial charge in [-0.15, -0.1) is 0 Å². The fraction of sp³-hybridized carbons (Fsp3) is 0.556. The highest BCUT2D eigenvalue weighted by Gasteiger charge is 2.32. The largest absolute Gasteiger partial charge is 0.416 e. The van der Waals surface area contributed by atoms with Crippen molar-refractivity contribution in [3.8, 4) is 0 Å². The second-order valence-corrected chi connectivity index (χ2v) is 6.63. The smallest absolute Gasteiger partial charge is 0.324 e. The van der Waals surface area contributed by atoms with Crippen LogP contribution in [-0.4, -0.2) is 26.9 Å². The molecule has 2 aromatic rings. The zero-order valence-corrected chi connectivity index (χ0v) is 14.4. The highest BCUT2D eigenvalue weighted by atomic mass is 19.4. The minimum atomic E-state index is -4.39. The number of rotatable bonds is 5. The Morgan fingerprint density at radius 1 is 1.28 bits per heavy atom. The molecule has 1 atom stereocenters. The Morgan fingerprint density at radius 3 is 2.68 bits per heavy atom.